The summed E-state index contributed by atoms with van der Waals surface area (Å²) in [7, 11) is 0. The van der Waals surface area contributed by atoms with Gasteiger partial charge in [-0.3, -0.25) is 0 Å². The van der Waals surface area contributed by atoms with Crippen molar-refractivity contribution in [3.05, 3.63) is 11.7 Å². The summed E-state index contributed by atoms with van der Waals surface area (Å²) in [5.41, 5.74) is 6.07. The fraction of sp³-hybridized carbons (Fsp3) is 0.833. The molecule has 1 aromatic rings. The average Bonchev–Trinajstić information content (AvgIpc) is 2.59. The highest BCUT2D eigenvalue weighted by Gasteiger charge is 2.34. The second-order valence-electron chi connectivity index (χ2n) is 5.90. The smallest absolute Gasteiger partial charge is 0.228 e. The number of nitrogens with zero attached hydrogens (tertiary/aromatic N) is 2. The van der Waals surface area contributed by atoms with Crippen LogP contribution in [0.3, 0.4) is 0 Å². The van der Waals surface area contributed by atoms with Crippen LogP contribution in [0.1, 0.15) is 51.7 Å². The molecule has 96 valence electrons. The molecule has 0 atom stereocenters. The van der Waals surface area contributed by atoms with Crippen molar-refractivity contribution < 1.29 is 4.52 Å². The van der Waals surface area contributed by atoms with Crippen molar-refractivity contribution in [2.45, 2.75) is 62.5 Å². The van der Waals surface area contributed by atoms with Crippen LogP contribution < -0.4 is 5.73 Å². The lowest BCUT2D eigenvalue weighted by Gasteiger charge is -2.36. The second kappa shape index (κ2) is 4.61. The minimum absolute atomic E-state index is 0.0824. The van der Waals surface area contributed by atoms with Crippen LogP contribution in [0.5, 0.6) is 0 Å². The molecule has 0 amide bonds. The molecule has 1 aliphatic carbocycles. The summed E-state index contributed by atoms with van der Waals surface area (Å²) in [6.07, 6.45) is 4.08. The predicted octanol–water partition coefficient (Wildman–Crippen LogP) is 2.53. The van der Waals surface area contributed by atoms with Gasteiger partial charge in [0.25, 0.3) is 0 Å². The zero-order valence-electron chi connectivity index (χ0n) is 10.8. The van der Waals surface area contributed by atoms with Crippen molar-refractivity contribution in [1.82, 2.24) is 10.1 Å². The lowest BCUT2D eigenvalue weighted by Crippen LogP contribution is -2.48. The van der Waals surface area contributed by atoms with E-state index in [1.54, 1.807) is 0 Å². The largest absolute Gasteiger partial charge is 0.339 e. The molecular weight excluding hydrogens is 234 g/mol. The Balaban J connectivity index is 1.87. The van der Waals surface area contributed by atoms with Crippen molar-refractivity contribution in [2.75, 3.05) is 0 Å². The molecule has 0 aromatic carbocycles. The summed E-state index contributed by atoms with van der Waals surface area (Å²) in [5, 5.41) is 4.00. The van der Waals surface area contributed by atoms with E-state index in [1.165, 1.54) is 6.42 Å². The van der Waals surface area contributed by atoms with Gasteiger partial charge in [-0.25, -0.2) is 0 Å². The number of hydrogen-bond donors (Lipinski definition) is 1. The summed E-state index contributed by atoms with van der Waals surface area (Å²) < 4.78 is 5.47. The molecule has 0 radical (unpaired) electrons. The number of hydrogen-bond acceptors (Lipinski definition) is 5. The maximum Gasteiger partial charge on any atom is 0.228 e. The Morgan fingerprint density at radius 1 is 1.41 bits per heavy atom. The third kappa shape index (κ3) is 3.71. The van der Waals surface area contributed by atoms with E-state index >= 15 is 0 Å². The lowest BCUT2D eigenvalue weighted by atomic mass is 9.75. The van der Waals surface area contributed by atoms with Crippen LogP contribution in [-0.4, -0.2) is 20.4 Å². The summed E-state index contributed by atoms with van der Waals surface area (Å²) in [6, 6.07) is 0. The van der Waals surface area contributed by atoms with Crippen LogP contribution in [-0.2, 0) is 12.2 Å². The molecule has 2 N–H and O–H groups in total. The van der Waals surface area contributed by atoms with Gasteiger partial charge < -0.3 is 10.3 Å². The number of rotatable bonds is 4. The van der Waals surface area contributed by atoms with Crippen LogP contribution in [0.2, 0.25) is 0 Å². The standard InChI is InChI=1S/C12H21N3OS/c1-11(2,3)17-8-9-14-10(16-15-9)7-12(13)5-4-6-12/h4-8,13H2,1-3H3. The molecular formula is C12H21N3OS. The predicted molar refractivity (Wildman–Crippen MR) is 69.8 cm³/mol. The van der Waals surface area contributed by atoms with Crippen LogP contribution in [0.4, 0.5) is 0 Å². The summed E-state index contributed by atoms with van der Waals surface area (Å²) in [5.74, 6) is 2.27. The van der Waals surface area contributed by atoms with Gasteiger partial charge in [0.1, 0.15) is 0 Å². The maximum atomic E-state index is 6.15. The molecule has 1 aromatic heterocycles. The van der Waals surface area contributed by atoms with Gasteiger partial charge in [-0.2, -0.15) is 4.98 Å². The fourth-order valence-corrected chi connectivity index (χ4v) is 2.49. The molecule has 0 saturated heterocycles. The Morgan fingerprint density at radius 2 is 2.12 bits per heavy atom. The highest BCUT2D eigenvalue weighted by Crippen LogP contribution is 2.32. The van der Waals surface area contributed by atoms with Gasteiger partial charge in [0, 0.05) is 16.7 Å². The van der Waals surface area contributed by atoms with Crippen molar-refractivity contribution in [2.24, 2.45) is 5.73 Å². The number of aromatic nitrogens is 2. The minimum atomic E-state index is -0.0824. The Bertz CT molecular complexity index is 379. The molecule has 1 fully saturated rings. The minimum Gasteiger partial charge on any atom is -0.339 e. The lowest BCUT2D eigenvalue weighted by molar-refractivity contribution is 0.221. The van der Waals surface area contributed by atoms with Gasteiger partial charge in [0.2, 0.25) is 5.89 Å². The number of nitrogens with two attached hydrogens (primary N) is 1. The fourth-order valence-electron chi connectivity index (χ4n) is 1.81. The highest BCUT2D eigenvalue weighted by molar-refractivity contribution is 7.99. The first kappa shape index (κ1) is 12.9. The van der Waals surface area contributed by atoms with Crippen molar-refractivity contribution in [3.63, 3.8) is 0 Å². The van der Waals surface area contributed by atoms with E-state index < -0.39 is 0 Å². The monoisotopic (exact) mass is 255 g/mol. The van der Waals surface area contributed by atoms with Gasteiger partial charge in [0.15, 0.2) is 5.82 Å². The van der Waals surface area contributed by atoms with Crippen molar-refractivity contribution in [1.29, 1.82) is 0 Å². The van der Waals surface area contributed by atoms with E-state index in [0.717, 1.165) is 30.8 Å². The van der Waals surface area contributed by atoms with Crippen LogP contribution >= 0.6 is 11.8 Å². The summed E-state index contributed by atoms with van der Waals surface area (Å²) in [4.78, 5) is 4.40. The van der Waals surface area contributed by atoms with E-state index in [2.05, 4.69) is 30.9 Å². The Kier molecular flexibility index (Phi) is 3.50. The second-order valence-corrected chi connectivity index (χ2v) is 7.70. The van der Waals surface area contributed by atoms with E-state index in [9.17, 15) is 0 Å². The molecule has 1 aliphatic rings. The normalized spacial score (nSPS) is 19.1. The molecule has 2 rings (SSSR count). The molecule has 0 aliphatic heterocycles. The van der Waals surface area contributed by atoms with Gasteiger partial charge in [0.05, 0.1) is 5.75 Å². The van der Waals surface area contributed by atoms with E-state index in [0.29, 0.717) is 5.89 Å². The SMILES string of the molecule is CC(C)(C)SCc1noc(CC2(N)CCC2)n1. The summed E-state index contributed by atoms with van der Waals surface area (Å²) in [6.45, 7) is 6.55. The first-order valence-electron chi connectivity index (χ1n) is 6.11. The Morgan fingerprint density at radius 3 is 2.65 bits per heavy atom. The number of thioether (sulfide) groups is 1. The topological polar surface area (TPSA) is 64.9 Å². The van der Waals surface area contributed by atoms with Crippen LogP contribution in [0, 0.1) is 0 Å². The zero-order valence-corrected chi connectivity index (χ0v) is 11.6. The van der Waals surface area contributed by atoms with E-state index in [-0.39, 0.29) is 10.3 Å². The van der Waals surface area contributed by atoms with Crippen molar-refractivity contribution in [3.8, 4) is 0 Å². The quantitative estimate of drug-likeness (QED) is 0.895. The molecule has 1 saturated carbocycles. The molecule has 1 heterocycles. The molecule has 0 unspecified atom stereocenters. The Hall–Kier alpha value is -0.550. The van der Waals surface area contributed by atoms with Gasteiger partial charge >= 0.3 is 0 Å². The van der Waals surface area contributed by atoms with Crippen molar-refractivity contribution >= 4 is 11.8 Å². The van der Waals surface area contributed by atoms with E-state index in [4.69, 9.17) is 10.3 Å². The third-order valence-electron chi connectivity index (χ3n) is 3.00. The molecule has 5 heteroatoms. The summed E-state index contributed by atoms with van der Waals surface area (Å²) >= 11 is 1.82. The molecule has 0 spiro atoms. The molecule has 17 heavy (non-hydrogen) atoms. The van der Waals surface area contributed by atoms with E-state index in [1.807, 2.05) is 11.8 Å². The molecule has 0 bridgehead atoms. The van der Waals surface area contributed by atoms with Gasteiger partial charge in [-0.15, -0.1) is 11.8 Å². The highest BCUT2D eigenvalue weighted by atomic mass is 32.2. The zero-order chi connectivity index (χ0) is 12.5. The Labute approximate surface area is 107 Å². The average molecular weight is 255 g/mol. The maximum absolute atomic E-state index is 6.15. The first-order valence-corrected chi connectivity index (χ1v) is 7.09. The van der Waals surface area contributed by atoms with Gasteiger partial charge in [-0.05, 0) is 19.3 Å². The van der Waals surface area contributed by atoms with Crippen LogP contribution in [0.15, 0.2) is 4.52 Å². The molecule has 4 nitrogen and oxygen atoms in total. The third-order valence-corrected chi connectivity index (χ3v) is 4.27. The first-order chi connectivity index (χ1) is 7.86. The van der Waals surface area contributed by atoms with Gasteiger partial charge in [-0.1, -0.05) is 25.9 Å². The van der Waals surface area contributed by atoms with Crippen LogP contribution in [0.25, 0.3) is 0 Å².